The molecule has 68 valence electrons. The van der Waals surface area contributed by atoms with E-state index in [4.69, 9.17) is 0 Å². The van der Waals surface area contributed by atoms with Crippen LogP contribution in [-0.2, 0) is 7.05 Å². The molecule has 0 unspecified atom stereocenters. The molecule has 1 aromatic rings. The molecular formula is C10H18N2. The molecule has 2 rings (SSSR count). The zero-order valence-electron chi connectivity index (χ0n) is 8.03. The first kappa shape index (κ1) is 9.33. The van der Waals surface area contributed by atoms with Crippen LogP contribution in [0.15, 0.2) is 24.5 Å². The minimum Gasteiger partial charge on any atom is -0.357 e. The Morgan fingerprint density at radius 2 is 1.42 bits per heavy atom. The van der Waals surface area contributed by atoms with Crippen molar-refractivity contribution in [3.8, 4) is 0 Å². The Kier molecular flexibility index (Phi) is 3.88. The van der Waals surface area contributed by atoms with E-state index in [0.29, 0.717) is 0 Å². The molecule has 0 spiro atoms. The largest absolute Gasteiger partial charge is 0.357 e. The van der Waals surface area contributed by atoms with Crippen molar-refractivity contribution in [1.82, 2.24) is 9.47 Å². The third kappa shape index (κ3) is 3.58. The highest BCUT2D eigenvalue weighted by Gasteiger charge is 2.03. The van der Waals surface area contributed by atoms with Crippen LogP contribution in [0.3, 0.4) is 0 Å². The molecular weight excluding hydrogens is 148 g/mol. The van der Waals surface area contributed by atoms with Gasteiger partial charge in [-0.05, 0) is 45.1 Å². The summed E-state index contributed by atoms with van der Waals surface area (Å²) in [6, 6.07) is 4.00. The van der Waals surface area contributed by atoms with Crippen LogP contribution in [0.1, 0.15) is 12.8 Å². The molecule has 2 nitrogen and oxygen atoms in total. The Labute approximate surface area is 74.8 Å². The predicted octanol–water partition coefficient (Wildman–Crippen LogP) is 1.74. The van der Waals surface area contributed by atoms with Gasteiger partial charge in [-0.15, -0.1) is 0 Å². The third-order valence-corrected chi connectivity index (χ3v) is 2.08. The van der Waals surface area contributed by atoms with E-state index in [1.807, 2.05) is 36.1 Å². The van der Waals surface area contributed by atoms with E-state index in [0.717, 1.165) is 0 Å². The van der Waals surface area contributed by atoms with Crippen LogP contribution >= 0.6 is 0 Å². The zero-order chi connectivity index (χ0) is 8.81. The average molecular weight is 166 g/mol. The molecule has 2 heterocycles. The smallest absolute Gasteiger partial charge is 0.0106 e. The van der Waals surface area contributed by atoms with Crippen molar-refractivity contribution in [1.29, 1.82) is 0 Å². The minimum atomic E-state index is 1.32. The lowest BCUT2D eigenvalue weighted by molar-refractivity contribution is 0.418. The van der Waals surface area contributed by atoms with Crippen LogP contribution in [0.5, 0.6) is 0 Å². The van der Waals surface area contributed by atoms with Crippen molar-refractivity contribution in [2.45, 2.75) is 12.8 Å². The van der Waals surface area contributed by atoms with Gasteiger partial charge in [-0.25, -0.2) is 0 Å². The molecule has 0 aromatic carbocycles. The predicted molar refractivity (Wildman–Crippen MR) is 52.1 cm³/mol. The van der Waals surface area contributed by atoms with Gasteiger partial charge < -0.3 is 9.47 Å². The molecule has 0 saturated carbocycles. The number of hydrogen-bond donors (Lipinski definition) is 0. The molecule has 0 N–H and O–H groups in total. The molecule has 1 aromatic heterocycles. The zero-order valence-corrected chi connectivity index (χ0v) is 8.03. The number of aryl methyl sites for hydroxylation is 1. The summed E-state index contributed by atoms with van der Waals surface area (Å²) < 4.78 is 2.00. The number of nitrogens with zero attached hydrogens (tertiary/aromatic N) is 2. The lowest BCUT2D eigenvalue weighted by Gasteiger charge is -2.01. The second kappa shape index (κ2) is 4.99. The molecule has 12 heavy (non-hydrogen) atoms. The highest BCUT2D eigenvalue weighted by molar-refractivity contribution is 4.88. The first-order valence-corrected chi connectivity index (χ1v) is 4.54. The molecule has 0 atom stereocenters. The summed E-state index contributed by atoms with van der Waals surface area (Å²) in [5.74, 6) is 0. The van der Waals surface area contributed by atoms with Gasteiger partial charge in [0.1, 0.15) is 0 Å². The summed E-state index contributed by atoms with van der Waals surface area (Å²) in [4.78, 5) is 2.36. The number of hydrogen-bond acceptors (Lipinski definition) is 1. The quantitative estimate of drug-likeness (QED) is 0.570. The molecule has 1 aliphatic heterocycles. The molecule has 0 radical (unpaired) electrons. The molecule has 0 aliphatic carbocycles. The van der Waals surface area contributed by atoms with Gasteiger partial charge in [0.15, 0.2) is 0 Å². The fourth-order valence-electron chi connectivity index (χ4n) is 1.30. The molecule has 1 fully saturated rings. The SMILES string of the molecule is CN1CCCC1.Cn1cccc1. The van der Waals surface area contributed by atoms with E-state index in [1.54, 1.807) is 0 Å². The first-order chi connectivity index (χ1) is 5.79. The second-order valence-electron chi connectivity index (χ2n) is 3.36. The van der Waals surface area contributed by atoms with Gasteiger partial charge in [0.2, 0.25) is 0 Å². The van der Waals surface area contributed by atoms with Gasteiger partial charge in [-0.3, -0.25) is 0 Å². The Hall–Kier alpha value is -0.760. The van der Waals surface area contributed by atoms with E-state index in [-0.39, 0.29) is 0 Å². The van der Waals surface area contributed by atoms with Gasteiger partial charge in [-0.1, -0.05) is 0 Å². The van der Waals surface area contributed by atoms with E-state index < -0.39 is 0 Å². The maximum absolute atomic E-state index is 2.36. The van der Waals surface area contributed by atoms with Crippen molar-refractivity contribution < 1.29 is 0 Å². The number of likely N-dealkylation sites (tertiary alicyclic amines) is 1. The summed E-state index contributed by atoms with van der Waals surface area (Å²) in [6.45, 7) is 2.64. The van der Waals surface area contributed by atoms with Crippen molar-refractivity contribution in [2.75, 3.05) is 20.1 Å². The van der Waals surface area contributed by atoms with Crippen LogP contribution in [0, 0.1) is 0 Å². The second-order valence-corrected chi connectivity index (χ2v) is 3.36. The monoisotopic (exact) mass is 166 g/mol. The van der Waals surface area contributed by atoms with Gasteiger partial charge in [0.05, 0.1) is 0 Å². The molecule has 0 bridgehead atoms. The van der Waals surface area contributed by atoms with Crippen LogP contribution in [0.2, 0.25) is 0 Å². The van der Waals surface area contributed by atoms with Gasteiger partial charge >= 0.3 is 0 Å². The van der Waals surface area contributed by atoms with E-state index in [2.05, 4.69) is 11.9 Å². The highest BCUT2D eigenvalue weighted by atomic mass is 15.1. The van der Waals surface area contributed by atoms with E-state index >= 15 is 0 Å². The maximum atomic E-state index is 2.36. The Balaban J connectivity index is 0.000000120. The minimum absolute atomic E-state index is 1.32. The normalized spacial score (nSPS) is 17.2. The number of rotatable bonds is 0. The standard InChI is InChI=1S/C5H11N.C5H7N/c2*1-6-4-2-3-5-6/h2-5H2,1H3;2-5H,1H3. The fourth-order valence-corrected chi connectivity index (χ4v) is 1.30. The summed E-state index contributed by atoms with van der Waals surface area (Å²) >= 11 is 0. The summed E-state index contributed by atoms with van der Waals surface area (Å²) in [5, 5.41) is 0. The van der Waals surface area contributed by atoms with Crippen LogP contribution in [0.25, 0.3) is 0 Å². The highest BCUT2D eigenvalue weighted by Crippen LogP contribution is 2.02. The molecule has 2 heteroatoms. The van der Waals surface area contributed by atoms with Gasteiger partial charge in [-0.2, -0.15) is 0 Å². The molecule has 1 saturated heterocycles. The van der Waals surface area contributed by atoms with Crippen molar-refractivity contribution in [2.24, 2.45) is 7.05 Å². The van der Waals surface area contributed by atoms with Crippen molar-refractivity contribution in [3.63, 3.8) is 0 Å². The van der Waals surface area contributed by atoms with E-state index in [9.17, 15) is 0 Å². The summed E-state index contributed by atoms with van der Waals surface area (Å²) in [5.41, 5.74) is 0. The topological polar surface area (TPSA) is 8.17 Å². The average Bonchev–Trinajstić information content (AvgIpc) is 2.63. The van der Waals surface area contributed by atoms with Crippen LogP contribution in [0.4, 0.5) is 0 Å². The fraction of sp³-hybridized carbons (Fsp3) is 0.600. The lowest BCUT2D eigenvalue weighted by Crippen LogP contribution is -2.10. The molecule has 0 amide bonds. The van der Waals surface area contributed by atoms with Crippen molar-refractivity contribution in [3.05, 3.63) is 24.5 Å². The van der Waals surface area contributed by atoms with Crippen LogP contribution < -0.4 is 0 Å². The Morgan fingerprint density at radius 1 is 0.917 bits per heavy atom. The maximum Gasteiger partial charge on any atom is 0.0106 e. The van der Waals surface area contributed by atoms with Gasteiger partial charge in [0, 0.05) is 19.4 Å². The first-order valence-electron chi connectivity index (χ1n) is 4.54. The van der Waals surface area contributed by atoms with Crippen LogP contribution in [-0.4, -0.2) is 29.6 Å². The Bertz CT molecular complexity index is 186. The number of aromatic nitrogens is 1. The van der Waals surface area contributed by atoms with Gasteiger partial charge in [0.25, 0.3) is 0 Å². The third-order valence-electron chi connectivity index (χ3n) is 2.08. The Morgan fingerprint density at radius 3 is 1.58 bits per heavy atom. The van der Waals surface area contributed by atoms with Crippen molar-refractivity contribution >= 4 is 0 Å². The summed E-state index contributed by atoms with van der Waals surface area (Å²) in [7, 11) is 4.17. The lowest BCUT2D eigenvalue weighted by atomic mass is 10.4. The summed E-state index contributed by atoms with van der Waals surface area (Å²) in [6.07, 6.45) is 6.83. The van der Waals surface area contributed by atoms with E-state index in [1.165, 1.54) is 25.9 Å². The molecule has 1 aliphatic rings.